The number of nitrogens with zero attached hydrogens (tertiary/aromatic N) is 2. The summed E-state index contributed by atoms with van der Waals surface area (Å²) in [5.41, 5.74) is 7.86. The van der Waals surface area contributed by atoms with Crippen molar-refractivity contribution in [3.8, 4) is 0 Å². The van der Waals surface area contributed by atoms with Gasteiger partial charge in [0.1, 0.15) is 0 Å². The zero-order valence-electron chi connectivity index (χ0n) is 14.5. The highest BCUT2D eigenvalue weighted by Gasteiger charge is 2.01. The molecule has 2 N–H and O–H groups in total. The van der Waals surface area contributed by atoms with Crippen molar-refractivity contribution in [1.29, 1.82) is 0 Å². The number of aromatic amines is 2. The van der Waals surface area contributed by atoms with Gasteiger partial charge in [0.15, 0.2) is 17.4 Å². The van der Waals surface area contributed by atoms with E-state index in [1.165, 1.54) is 0 Å². The fourth-order valence-corrected chi connectivity index (χ4v) is 2.94. The number of hydrogen-bond acceptors (Lipinski definition) is 2. The third-order valence-corrected chi connectivity index (χ3v) is 4.04. The quantitative estimate of drug-likeness (QED) is 0.305. The van der Waals surface area contributed by atoms with Gasteiger partial charge >= 0.3 is 11.4 Å². The van der Waals surface area contributed by atoms with Gasteiger partial charge in [0.25, 0.3) is 0 Å². The Hall–Kier alpha value is -1.47. The van der Waals surface area contributed by atoms with Crippen LogP contribution in [0, 0.1) is 0 Å². The first kappa shape index (κ1) is 22.2. The Kier molecular flexibility index (Phi) is 7.69. The highest BCUT2D eigenvalue weighted by atomic mass is 35.8. The first-order chi connectivity index (χ1) is 13.5. The fraction of sp³-hybridized carbons (Fsp3) is 0. The molecule has 29 heavy (non-hydrogen) atoms. The van der Waals surface area contributed by atoms with Crippen LogP contribution < -0.4 is 0 Å². The van der Waals surface area contributed by atoms with Crippen LogP contribution in [0.2, 0.25) is 0 Å². The molecule has 0 saturated carbocycles. The smallest absolute Gasteiger partial charge is 0.355 e. The minimum Gasteiger partial charge on any atom is -0.355 e. The summed E-state index contributed by atoms with van der Waals surface area (Å²) in [7, 11) is 14.8. The van der Waals surface area contributed by atoms with E-state index in [1.807, 2.05) is 48.6 Å². The molecule has 0 radical (unpaired) electrons. The Labute approximate surface area is 195 Å². The van der Waals surface area contributed by atoms with Gasteiger partial charge in [-0.1, -0.05) is 0 Å². The monoisotopic (exact) mass is 472 g/mol. The van der Waals surface area contributed by atoms with Gasteiger partial charge < -0.3 is 9.97 Å². The Morgan fingerprint density at radius 1 is 0.552 bits per heavy atom. The summed E-state index contributed by atoms with van der Waals surface area (Å²) in [6, 6.07) is 16.4. The van der Waals surface area contributed by atoms with Crippen molar-refractivity contribution in [2.45, 2.75) is 0 Å². The molecule has 0 atom stereocenters. The Morgan fingerprint density at radius 3 is 1.03 bits per heavy atom. The lowest BCUT2D eigenvalue weighted by molar-refractivity contribution is 1.31. The molecule has 3 aromatic rings. The van der Waals surface area contributed by atoms with Crippen LogP contribution in [0.5, 0.6) is 0 Å². The molecular formula is C20H17Al2Cl3N4. The molecular weight excluding hydrogens is 457 g/mol. The minimum atomic E-state index is -1.72. The van der Waals surface area contributed by atoms with Crippen molar-refractivity contribution in [3.05, 3.63) is 71.3 Å². The van der Waals surface area contributed by atoms with Crippen molar-refractivity contribution in [2.24, 2.45) is 0 Å². The summed E-state index contributed by atoms with van der Waals surface area (Å²) >= 11 is -1.72. The standard InChI is InChI=1S/C20H14N4.2Al.3ClH.3H/c1-2-14-10-16-5-6-18(23-16)12-20-8-7-19(24-20)11-17-4-3-15(22-17)9-13(1)21-14;;;;;;;;/h1-12,21,24H;;;3*1H;;;/q;;+3;;;;;;/p-3. The van der Waals surface area contributed by atoms with Gasteiger partial charge in [0, 0.05) is 22.1 Å². The molecule has 0 aliphatic carbocycles. The predicted octanol–water partition coefficient (Wildman–Crippen LogP) is 5.16. The van der Waals surface area contributed by atoms with Gasteiger partial charge in [-0.2, -0.15) is 0 Å². The van der Waals surface area contributed by atoms with Crippen LogP contribution in [-0.2, 0) is 0 Å². The lowest BCUT2D eigenvalue weighted by Crippen LogP contribution is -1.75. The van der Waals surface area contributed by atoms with E-state index in [0.29, 0.717) is 0 Å². The third-order valence-electron chi connectivity index (χ3n) is 4.04. The van der Waals surface area contributed by atoms with Crippen LogP contribution >= 0.6 is 30.1 Å². The van der Waals surface area contributed by atoms with Crippen LogP contribution in [0.1, 0.15) is 22.8 Å². The summed E-state index contributed by atoms with van der Waals surface area (Å²) < 4.78 is 0. The number of nitrogens with one attached hydrogen (secondary N) is 2. The topological polar surface area (TPSA) is 57.4 Å². The number of fused-ring (bicyclic) bond motifs is 8. The average Bonchev–Trinajstić information content (AvgIpc) is 3.39. The first-order valence-electron chi connectivity index (χ1n) is 8.50. The van der Waals surface area contributed by atoms with E-state index in [4.69, 9.17) is 30.1 Å². The maximum atomic E-state index is 4.94. The highest BCUT2D eigenvalue weighted by Crippen LogP contribution is 2.16. The number of rotatable bonds is 0. The second-order valence-corrected chi connectivity index (χ2v) is 12.6. The number of hydrogen-bond donors (Lipinski definition) is 2. The lowest BCUT2D eigenvalue weighted by Gasteiger charge is -1.85. The van der Waals surface area contributed by atoms with E-state index in [2.05, 4.69) is 44.2 Å². The van der Waals surface area contributed by atoms with Gasteiger partial charge in [0.2, 0.25) is 0 Å². The summed E-state index contributed by atoms with van der Waals surface area (Å²) in [5, 5.41) is 0. The summed E-state index contributed by atoms with van der Waals surface area (Å²) in [5.74, 6) is 0. The molecule has 144 valence electrons. The highest BCUT2D eigenvalue weighted by molar-refractivity contribution is 7.54. The SMILES string of the molecule is C1=Cc2cc3ccc(cc4nc(cc5ccc(cc1n2)[nH]5)C=C4)[nH]3.[AlH3].[Cl][Al]([Cl])[Cl]. The zero-order valence-corrected chi connectivity index (χ0v) is 18.0. The van der Waals surface area contributed by atoms with E-state index in [0.717, 1.165) is 44.8 Å². The van der Waals surface area contributed by atoms with Crippen molar-refractivity contribution >= 4 is 105 Å². The van der Waals surface area contributed by atoms with Crippen LogP contribution in [0.25, 0.3) is 46.4 Å². The molecule has 3 aromatic heterocycles. The third kappa shape index (κ3) is 6.25. The van der Waals surface area contributed by atoms with Crippen molar-refractivity contribution in [1.82, 2.24) is 19.9 Å². The van der Waals surface area contributed by atoms with Crippen LogP contribution in [0.3, 0.4) is 0 Å². The van der Waals surface area contributed by atoms with Gasteiger partial charge in [-0.25, -0.2) is 40.1 Å². The average molecular weight is 474 g/mol. The lowest BCUT2D eigenvalue weighted by atomic mass is 10.3. The van der Waals surface area contributed by atoms with Crippen molar-refractivity contribution in [2.75, 3.05) is 0 Å². The number of aromatic nitrogens is 4. The molecule has 5 heterocycles. The summed E-state index contributed by atoms with van der Waals surface area (Å²) in [6.07, 6.45) is 8.09. The molecule has 0 amide bonds. The van der Waals surface area contributed by atoms with E-state index < -0.39 is 11.4 Å². The van der Waals surface area contributed by atoms with Gasteiger partial charge in [0.05, 0.1) is 22.8 Å². The Bertz CT molecular complexity index is 1050. The zero-order chi connectivity index (χ0) is 19.5. The van der Waals surface area contributed by atoms with E-state index in [-0.39, 0.29) is 17.4 Å². The first-order valence-corrected chi connectivity index (χ1v) is 13.7. The van der Waals surface area contributed by atoms with Crippen molar-refractivity contribution < 1.29 is 0 Å². The second kappa shape index (κ2) is 10.0. The van der Waals surface area contributed by atoms with E-state index in [9.17, 15) is 0 Å². The molecule has 0 fully saturated rings. The van der Waals surface area contributed by atoms with Gasteiger partial charge in [-0.15, -0.1) is 0 Å². The molecule has 8 bridgehead atoms. The van der Waals surface area contributed by atoms with Gasteiger partial charge in [-0.3, -0.25) is 0 Å². The maximum Gasteiger partial charge on any atom is 0.643 e. The Balaban J connectivity index is 0.000000443. The van der Waals surface area contributed by atoms with Crippen LogP contribution in [-0.4, -0.2) is 48.7 Å². The molecule has 4 nitrogen and oxygen atoms in total. The minimum absolute atomic E-state index is 0. The molecule has 0 spiro atoms. The molecule has 2 aliphatic heterocycles. The van der Waals surface area contributed by atoms with E-state index >= 15 is 0 Å². The van der Waals surface area contributed by atoms with Crippen LogP contribution in [0.4, 0.5) is 0 Å². The number of H-pyrrole nitrogens is 2. The Morgan fingerprint density at radius 2 is 0.793 bits per heavy atom. The molecule has 0 saturated heterocycles. The van der Waals surface area contributed by atoms with E-state index in [1.54, 1.807) is 0 Å². The van der Waals surface area contributed by atoms with Gasteiger partial charge in [-0.05, 0) is 72.8 Å². The molecule has 2 aliphatic rings. The molecule has 5 rings (SSSR count). The van der Waals surface area contributed by atoms with Crippen LogP contribution in [0.15, 0.2) is 48.5 Å². The largest absolute Gasteiger partial charge is 0.643 e. The fourth-order valence-electron chi connectivity index (χ4n) is 2.94. The predicted molar refractivity (Wildman–Crippen MR) is 132 cm³/mol. The summed E-state index contributed by atoms with van der Waals surface area (Å²) in [4.78, 5) is 16.0. The molecule has 0 unspecified atom stereocenters. The second-order valence-electron chi connectivity index (χ2n) is 6.15. The number of halogens is 3. The normalized spacial score (nSPS) is 11.4. The molecule has 9 heteroatoms. The summed E-state index contributed by atoms with van der Waals surface area (Å²) in [6.45, 7) is 0. The maximum absolute atomic E-state index is 4.94. The molecule has 0 aromatic carbocycles. The van der Waals surface area contributed by atoms with Crippen molar-refractivity contribution in [3.63, 3.8) is 0 Å².